The quantitative estimate of drug-likeness (QED) is 0.876. The Bertz CT molecular complexity index is 441. The lowest BCUT2D eigenvalue weighted by atomic mass is 9.78. The van der Waals surface area contributed by atoms with Gasteiger partial charge in [-0.25, -0.2) is 4.39 Å². The molecule has 1 aromatic rings. The zero-order chi connectivity index (χ0) is 12.6. The van der Waals surface area contributed by atoms with E-state index in [9.17, 15) is 14.3 Å². The third kappa shape index (κ3) is 1.93. The molecule has 0 aromatic heterocycles. The topological polar surface area (TPSA) is 37.3 Å². The minimum Gasteiger partial charge on any atom is -0.481 e. The molecule has 92 valence electrons. The van der Waals surface area contributed by atoms with E-state index in [1.54, 1.807) is 13.0 Å². The standard InChI is InChI=1S/C13H14ClFO2/c1-8-10(14)6-9(7-11(8)15)13(12(16)17)4-2-3-5-13/h6-7H,2-5H2,1H3,(H,16,17). The van der Waals surface area contributed by atoms with Crippen LogP contribution >= 0.6 is 11.6 Å². The van der Waals surface area contributed by atoms with E-state index in [1.165, 1.54) is 6.07 Å². The SMILES string of the molecule is Cc1c(F)cc(C2(C(=O)O)CCCC2)cc1Cl. The Morgan fingerprint density at radius 2 is 2.00 bits per heavy atom. The third-order valence-corrected chi connectivity index (χ3v) is 4.09. The van der Waals surface area contributed by atoms with Crippen molar-refractivity contribution in [3.63, 3.8) is 0 Å². The number of carbonyl (C=O) groups is 1. The maximum Gasteiger partial charge on any atom is 0.314 e. The Morgan fingerprint density at radius 3 is 2.47 bits per heavy atom. The fraction of sp³-hybridized carbons (Fsp3) is 0.462. The van der Waals surface area contributed by atoms with Crippen molar-refractivity contribution in [2.75, 3.05) is 0 Å². The molecule has 4 heteroatoms. The van der Waals surface area contributed by atoms with Gasteiger partial charge in [0, 0.05) is 10.6 Å². The van der Waals surface area contributed by atoms with Crippen molar-refractivity contribution in [2.45, 2.75) is 38.0 Å². The molecule has 0 spiro atoms. The number of halogens is 2. The molecule has 0 aliphatic heterocycles. The molecule has 17 heavy (non-hydrogen) atoms. The monoisotopic (exact) mass is 256 g/mol. The average molecular weight is 257 g/mol. The van der Waals surface area contributed by atoms with Gasteiger partial charge in [-0.05, 0) is 37.5 Å². The Hall–Kier alpha value is -1.09. The first kappa shape index (κ1) is 12.4. The maximum atomic E-state index is 13.6. The zero-order valence-corrected chi connectivity index (χ0v) is 10.4. The molecule has 1 aliphatic carbocycles. The number of carboxylic acid groups (broad SMARTS) is 1. The molecular formula is C13H14ClFO2. The van der Waals surface area contributed by atoms with Crippen LogP contribution in [-0.2, 0) is 10.2 Å². The van der Waals surface area contributed by atoms with Crippen LogP contribution < -0.4 is 0 Å². The minimum atomic E-state index is -0.946. The second kappa shape index (κ2) is 4.30. The van der Waals surface area contributed by atoms with Crippen molar-refractivity contribution in [2.24, 2.45) is 0 Å². The first-order chi connectivity index (χ1) is 7.97. The summed E-state index contributed by atoms with van der Waals surface area (Å²) in [6.07, 6.45) is 2.83. The van der Waals surface area contributed by atoms with Crippen molar-refractivity contribution in [3.05, 3.63) is 34.1 Å². The number of aliphatic carboxylic acids is 1. The summed E-state index contributed by atoms with van der Waals surface area (Å²) in [5.41, 5.74) is -0.0809. The van der Waals surface area contributed by atoms with Crippen LogP contribution in [0.5, 0.6) is 0 Å². The summed E-state index contributed by atoms with van der Waals surface area (Å²) in [5, 5.41) is 9.70. The molecule has 1 N–H and O–H groups in total. The van der Waals surface area contributed by atoms with Gasteiger partial charge in [0.15, 0.2) is 0 Å². The van der Waals surface area contributed by atoms with Crippen molar-refractivity contribution >= 4 is 17.6 Å². The Labute approximate surface area is 104 Å². The minimum absolute atomic E-state index is 0.299. The molecule has 0 saturated heterocycles. The molecule has 0 radical (unpaired) electrons. The van der Waals surface area contributed by atoms with Crippen molar-refractivity contribution in [1.29, 1.82) is 0 Å². The maximum absolute atomic E-state index is 13.6. The number of rotatable bonds is 2. The van der Waals surface area contributed by atoms with Crippen LogP contribution in [0.3, 0.4) is 0 Å². The van der Waals surface area contributed by atoms with Gasteiger partial charge in [-0.1, -0.05) is 24.4 Å². The van der Waals surface area contributed by atoms with Gasteiger partial charge in [0.25, 0.3) is 0 Å². The highest BCUT2D eigenvalue weighted by Gasteiger charge is 2.43. The predicted molar refractivity (Wildman–Crippen MR) is 63.9 cm³/mol. The number of carboxylic acids is 1. The van der Waals surface area contributed by atoms with E-state index >= 15 is 0 Å². The van der Waals surface area contributed by atoms with Crippen molar-refractivity contribution < 1.29 is 14.3 Å². The molecule has 1 aliphatic rings. The third-order valence-electron chi connectivity index (χ3n) is 3.70. The summed E-state index contributed by atoms with van der Waals surface area (Å²) in [6, 6.07) is 2.92. The molecule has 1 aromatic carbocycles. The smallest absolute Gasteiger partial charge is 0.314 e. The van der Waals surface area contributed by atoms with Gasteiger partial charge in [0.2, 0.25) is 0 Å². The molecule has 2 rings (SSSR count). The normalized spacial score (nSPS) is 18.3. The van der Waals surface area contributed by atoms with Gasteiger partial charge in [-0.3, -0.25) is 4.79 Å². The highest BCUT2D eigenvalue weighted by atomic mass is 35.5. The molecule has 0 unspecified atom stereocenters. The molecule has 2 nitrogen and oxygen atoms in total. The summed E-state index contributed by atoms with van der Waals surface area (Å²) < 4.78 is 13.6. The lowest BCUT2D eigenvalue weighted by Gasteiger charge is -2.25. The Kier molecular flexibility index (Phi) is 3.13. The molecule has 0 bridgehead atoms. The summed E-state index contributed by atoms with van der Waals surface area (Å²) in [5.74, 6) is -1.31. The highest BCUT2D eigenvalue weighted by molar-refractivity contribution is 6.31. The van der Waals surface area contributed by atoms with Crippen LogP contribution in [0.1, 0.15) is 36.8 Å². The van der Waals surface area contributed by atoms with Crippen LogP contribution in [0.15, 0.2) is 12.1 Å². The first-order valence-electron chi connectivity index (χ1n) is 5.67. The molecule has 0 heterocycles. The van der Waals surface area contributed by atoms with E-state index in [4.69, 9.17) is 11.6 Å². The second-order valence-corrected chi connectivity index (χ2v) is 5.07. The van der Waals surface area contributed by atoms with E-state index in [-0.39, 0.29) is 0 Å². The fourth-order valence-corrected chi connectivity index (χ4v) is 2.73. The molecular weight excluding hydrogens is 243 g/mol. The fourth-order valence-electron chi connectivity index (χ4n) is 2.53. The molecule has 0 amide bonds. The lowest BCUT2D eigenvalue weighted by molar-refractivity contribution is -0.143. The molecule has 1 fully saturated rings. The van der Waals surface area contributed by atoms with E-state index in [0.29, 0.717) is 29.0 Å². The Morgan fingerprint density at radius 1 is 1.41 bits per heavy atom. The van der Waals surface area contributed by atoms with Crippen LogP contribution in [0, 0.1) is 12.7 Å². The molecule has 0 atom stereocenters. The highest BCUT2D eigenvalue weighted by Crippen LogP contribution is 2.42. The van der Waals surface area contributed by atoms with Crippen molar-refractivity contribution in [3.8, 4) is 0 Å². The predicted octanol–water partition coefficient (Wildman–Crippen LogP) is 3.68. The van der Waals surface area contributed by atoms with E-state index in [0.717, 1.165) is 12.8 Å². The van der Waals surface area contributed by atoms with Gasteiger partial charge < -0.3 is 5.11 Å². The van der Waals surface area contributed by atoms with Crippen LogP contribution in [0.2, 0.25) is 5.02 Å². The Balaban J connectivity index is 2.55. The molecule has 1 saturated carbocycles. The van der Waals surface area contributed by atoms with Crippen LogP contribution in [-0.4, -0.2) is 11.1 Å². The van der Waals surface area contributed by atoms with Gasteiger partial charge in [0.05, 0.1) is 5.41 Å². The van der Waals surface area contributed by atoms with Crippen LogP contribution in [0.4, 0.5) is 4.39 Å². The first-order valence-corrected chi connectivity index (χ1v) is 6.05. The largest absolute Gasteiger partial charge is 0.481 e. The summed E-state index contributed by atoms with van der Waals surface area (Å²) in [6.45, 7) is 1.59. The number of hydrogen-bond donors (Lipinski definition) is 1. The zero-order valence-electron chi connectivity index (χ0n) is 9.59. The number of hydrogen-bond acceptors (Lipinski definition) is 1. The summed E-state index contributed by atoms with van der Waals surface area (Å²) >= 11 is 5.93. The van der Waals surface area contributed by atoms with Gasteiger partial charge in [-0.2, -0.15) is 0 Å². The van der Waals surface area contributed by atoms with E-state index < -0.39 is 17.2 Å². The summed E-state index contributed by atoms with van der Waals surface area (Å²) in [4.78, 5) is 11.5. The van der Waals surface area contributed by atoms with Gasteiger partial charge in [-0.15, -0.1) is 0 Å². The second-order valence-electron chi connectivity index (χ2n) is 4.66. The number of benzene rings is 1. The summed E-state index contributed by atoms with van der Waals surface area (Å²) in [7, 11) is 0. The van der Waals surface area contributed by atoms with E-state index in [1.807, 2.05) is 0 Å². The van der Waals surface area contributed by atoms with Gasteiger partial charge in [0.1, 0.15) is 5.82 Å². The van der Waals surface area contributed by atoms with Crippen molar-refractivity contribution in [1.82, 2.24) is 0 Å². The van der Waals surface area contributed by atoms with E-state index in [2.05, 4.69) is 0 Å². The van der Waals surface area contributed by atoms with Gasteiger partial charge >= 0.3 is 5.97 Å². The average Bonchev–Trinajstić information content (AvgIpc) is 2.75. The lowest BCUT2D eigenvalue weighted by Crippen LogP contribution is -2.32. The van der Waals surface area contributed by atoms with Crippen LogP contribution in [0.25, 0.3) is 0 Å².